The van der Waals surface area contributed by atoms with Crippen molar-refractivity contribution in [1.29, 1.82) is 0 Å². The molecule has 3 heteroatoms. The van der Waals surface area contributed by atoms with Crippen LogP contribution in [-0.4, -0.2) is 31.2 Å². The van der Waals surface area contributed by atoms with E-state index < -0.39 is 0 Å². The maximum absolute atomic E-state index is 12.7. The Morgan fingerprint density at radius 2 is 2.17 bits per heavy atom. The summed E-state index contributed by atoms with van der Waals surface area (Å²) in [6.45, 7) is 11.4. The molecule has 3 nitrogen and oxygen atoms in total. The molecule has 4 fully saturated rings. The van der Waals surface area contributed by atoms with Gasteiger partial charge < -0.3 is 9.64 Å². The summed E-state index contributed by atoms with van der Waals surface area (Å²) in [5.41, 5.74) is 1.76. The zero-order valence-electron chi connectivity index (χ0n) is 15.5. The Morgan fingerprint density at radius 1 is 1.33 bits per heavy atom. The molecule has 0 aromatic rings. The third-order valence-electron chi connectivity index (χ3n) is 7.88. The van der Waals surface area contributed by atoms with Crippen LogP contribution in [0.5, 0.6) is 0 Å². The van der Waals surface area contributed by atoms with Gasteiger partial charge >= 0.3 is 5.97 Å². The first-order valence-corrected chi connectivity index (χ1v) is 10.2. The predicted octanol–water partition coefficient (Wildman–Crippen LogP) is 2.76. The number of fused-ring (bicyclic) bond motifs is 2. The highest BCUT2D eigenvalue weighted by molar-refractivity contribution is 5.75. The molecule has 1 unspecified atom stereocenters. The number of esters is 1. The van der Waals surface area contributed by atoms with Gasteiger partial charge in [-0.25, -0.2) is 0 Å². The van der Waals surface area contributed by atoms with Crippen LogP contribution in [-0.2, 0) is 9.53 Å². The number of carbonyl (C=O) groups excluding carboxylic acids is 1. The molecule has 0 aromatic heterocycles. The standard InChI is InChI=1S/C21H33NO2/c1-14-7-6-9-21(3)12-19-16(11-18(14)21)17(20(23)24-19)13-22-10-5-4-8-15(22)2/h15-19H,1,4-13H2,2-3H3/p+1/t15-,16-,17-,18-,19-,21-/m1/s1. The molecule has 0 amide bonds. The Labute approximate surface area is 146 Å². The van der Waals surface area contributed by atoms with Gasteiger partial charge in [0.2, 0.25) is 0 Å². The highest BCUT2D eigenvalue weighted by Gasteiger charge is 2.56. The second kappa shape index (κ2) is 6.16. The van der Waals surface area contributed by atoms with Crippen molar-refractivity contribution in [2.24, 2.45) is 23.2 Å². The largest absolute Gasteiger partial charge is 0.462 e. The van der Waals surface area contributed by atoms with Crippen molar-refractivity contribution in [3.63, 3.8) is 0 Å². The van der Waals surface area contributed by atoms with Gasteiger partial charge in [0.1, 0.15) is 12.0 Å². The molecule has 2 aliphatic heterocycles. The van der Waals surface area contributed by atoms with Gasteiger partial charge in [-0.3, -0.25) is 4.79 Å². The van der Waals surface area contributed by atoms with Crippen molar-refractivity contribution in [2.45, 2.75) is 77.4 Å². The van der Waals surface area contributed by atoms with Crippen molar-refractivity contribution in [1.82, 2.24) is 0 Å². The number of ether oxygens (including phenoxy) is 1. The van der Waals surface area contributed by atoms with Crippen LogP contribution in [0.1, 0.15) is 65.2 Å². The second-order valence-corrected chi connectivity index (χ2v) is 9.41. The van der Waals surface area contributed by atoms with Crippen molar-refractivity contribution in [3.8, 4) is 0 Å². The molecule has 7 atom stereocenters. The van der Waals surface area contributed by atoms with E-state index in [-0.39, 0.29) is 18.0 Å². The average Bonchev–Trinajstić information content (AvgIpc) is 2.82. The molecule has 4 rings (SSSR count). The molecule has 2 saturated carbocycles. The van der Waals surface area contributed by atoms with E-state index in [0.29, 0.717) is 23.3 Å². The van der Waals surface area contributed by atoms with Gasteiger partial charge in [-0.1, -0.05) is 19.1 Å². The Bertz CT molecular complexity index is 530. The molecule has 1 N–H and O–H groups in total. The number of hydrogen-bond acceptors (Lipinski definition) is 2. The minimum absolute atomic E-state index is 0.100. The summed E-state index contributed by atoms with van der Waals surface area (Å²) < 4.78 is 5.92. The van der Waals surface area contributed by atoms with Gasteiger partial charge in [0.15, 0.2) is 0 Å². The van der Waals surface area contributed by atoms with Crippen LogP contribution >= 0.6 is 0 Å². The van der Waals surface area contributed by atoms with E-state index in [4.69, 9.17) is 4.74 Å². The highest BCUT2D eigenvalue weighted by Crippen LogP contribution is 2.56. The van der Waals surface area contributed by atoms with E-state index in [9.17, 15) is 4.79 Å². The molecule has 2 aliphatic carbocycles. The van der Waals surface area contributed by atoms with Crippen LogP contribution in [0.2, 0.25) is 0 Å². The molecule has 0 radical (unpaired) electrons. The molecule has 24 heavy (non-hydrogen) atoms. The van der Waals surface area contributed by atoms with Gasteiger partial charge in [-0.15, -0.1) is 0 Å². The van der Waals surface area contributed by atoms with Crippen molar-refractivity contribution >= 4 is 5.97 Å². The number of piperidine rings is 1. The Hall–Kier alpha value is -0.830. The van der Waals surface area contributed by atoms with E-state index in [1.165, 1.54) is 50.6 Å². The summed E-state index contributed by atoms with van der Waals surface area (Å²) >= 11 is 0. The lowest BCUT2D eigenvalue weighted by Gasteiger charge is -2.50. The first kappa shape index (κ1) is 16.6. The van der Waals surface area contributed by atoms with Crippen molar-refractivity contribution in [3.05, 3.63) is 12.2 Å². The third-order valence-corrected chi connectivity index (χ3v) is 7.88. The van der Waals surface area contributed by atoms with Crippen LogP contribution < -0.4 is 4.90 Å². The van der Waals surface area contributed by atoms with E-state index in [2.05, 4.69) is 20.4 Å². The molecule has 0 aromatic carbocycles. The molecule has 2 saturated heterocycles. The lowest BCUT2D eigenvalue weighted by atomic mass is 9.55. The first-order valence-electron chi connectivity index (χ1n) is 10.2. The number of likely N-dealkylation sites (tertiary alicyclic amines) is 1. The van der Waals surface area contributed by atoms with E-state index in [0.717, 1.165) is 19.4 Å². The summed E-state index contributed by atoms with van der Waals surface area (Å²) in [5.74, 6) is 1.28. The fourth-order valence-corrected chi connectivity index (χ4v) is 6.33. The fraction of sp³-hybridized carbons (Fsp3) is 0.857. The predicted molar refractivity (Wildman–Crippen MR) is 94.7 cm³/mol. The third kappa shape index (κ3) is 2.73. The zero-order valence-corrected chi connectivity index (χ0v) is 15.5. The number of rotatable bonds is 2. The van der Waals surface area contributed by atoms with Crippen molar-refractivity contribution < 1.29 is 14.4 Å². The maximum atomic E-state index is 12.7. The van der Waals surface area contributed by atoms with E-state index >= 15 is 0 Å². The van der Waals surface area contributed by atoms with Gasteiger partial charge in [0.25, 0.3) is 0 Å². The summed E-state index contributed by atoms with van der Waals surface area (Å²) in [6, 6.07) is 0.698. The summed E-state index contributed by atoms with van der Waals surface area (Å²) in [5, 5.41) is 0. The smallest absolute Gasteiger partial charge is 0.315 e. The average molecular weight is 333 g/mol. The van der Waals surface area contributed by atoms with Gasteiger partial charge in [0.05, 0.1) is 19.1 Å². The van der Waals surface area contributed by atoms with Gasteiger partial charge in [-0.2, -0.15) is 0 Å². The van der Waals surface area contributed by atoms with E-state index in [1.54, 1.807) is 4.90 Å². The fourth-order valence-electron chi connectivity index (χ4n) is 6.33. The topological polar surface area (TPSA) is 30.7 Å². The molecule has 2 heterocycles. The molecular formula is C21H34NO2+. The molecule has 0 bridgehead atoms. The van der Waals surface area contributed by atoms with Gasteiger partial charge in [0, 0.05) is 5.92 Å². The van der Waals surface area contributed by atoms with Crippen LogP contribution in [0, 0.1) is 23.2 Å². The monoisotopic (exact) mass is 332 g/mol. The molecule has 4 aliphatic rings. The lowest BCUT2D eigenvalue weighted by Crippen LogP contribution is -3.17. The minimum Gasteiger partial charge on any atom is -0.462 e. The SMILES string of the molecule is C=C1CCC[C@]2(C)C[C@H]3OC(=O)[C@H](C[NH+]4CCCC[C@H]4C)[C@H]3C[C@H]12. The normalized spacial score (nSPS) is 48.6. The lowest BCUT2D eigenvalue weighted by molar-refractivity contribution is -0.931. The van der Waals surface area contributed by atoms with E-state index in [1.807, 2.05) is 0 Å². The van der Waals surface area contributed by atoms with Crippen molar-refractivity contribution in [2.75, 3.05) is 13.1 Å². The number of hydrogen-bond donors (Lipinski definition) is 1. The maximum Gasteiger partial charge on any atom is 0.315 e. The molecule has 134 valence electrons. The second-order valence-electron chi connectivity index (χ2n) is 9.41. The van der Waals surface area contributed by atoms with Crippen LogP contribution in [0.4, 0.5) is 0 Å². The molecule has 0 spiro atoms. The van der Waals surface area contributed by atoms with Gasteiger partial charge in [-0.05, 0) is 69.6 Å². The number of nitrogens with one attached hydrogen (secondary N) is 1. The highest BCUT2D eigenvalue weighted by atomic mass is 16.6. The Balaban J connectivity index is 1.51. The first-order chi connectivity index (χ1) is 11.5. The van der Waals surface area contributed by atoms with Crippen LogP contribution in [0.3, 0.4) is 0 Å². The summed E-state index contributed by atoms with van der Waals surface area (Å²) in [4.78, 5) is 14.3. The Kier molecular flexibility index (Phi) is 4.27. The number of carbonyl (C=O) groups is 1. The quantitative estimate of drug-likeness (QED) is 0.623. The Morgan fingerprint density at radius 3 is 2.96 bits per heavy atom. The zero-order chi connectivity index (χ0) is 16.9. The number of quaternary nitrogens is 1. The minimum atomic E-state index is 0.100. The van der Waals surface area contributed by atoms with Crippen LogP contribution in [0.25, 0.3) is 0 Å². The summed E-state index contributed by atoms with van der Waals surface area (Å²) in [6.07, 6.45) is 10.1. The molecular weight excluding hydrogens is 298 g/mol. The van der Waals surface area contributed by atoms with Crippen LogP contribution in [0.15, 0.2) is 12.2 Å². The number of allylic oxidation sites excluding steroid dienone is 1. The summed E-state index contributed by atoms with van der Waals surface area (Å²) in [7, 11) is 0.